The van der Waals surface area contributed by atoms with Crippen LogP contribution in [-0.4, -0.2) is 24.0 Å². The Morgan fingerprint density at radius 1 is 1.06 bits per heavy atom. The first-order chi connectivity index (χ1) is 7.55. The van der Waals surface area contributed by atoms with Crippen molar-refractivity contribution in [3.05, 3.63) is 0 Å². The monoisotopic (exact) mass is 243 g/mol. The molecule has 0 spiro atoms. The van der Waals surface area contributed by atoms with Crippen molar-refractivity contribution in [3.8, 4) is 0 Å². The van der Waals surface area contributed by atoms with Gasteiger partial charge in [0, 0.05) is 5.92 Å². The van der Waals surface area contributed by atoms with E-state index in [1.54, 1.807) is 13.8 Å². The van der Waals surface area contributed by atoms with Crippen molar-refractivity contribution < 1.29 is 14.3 Å². The number of carbonyl (C=O) groups is 2. The van der Waals surface area contributed by atoms with Gasteiger partial charge in [0.25, 0.3) is 0 Å². The topological polar surface area (TPSA) is 55.4 Å². The van der Waals surface area contributed by atoms with Gasteiger partial charge in [0.15, 0.2) is 5.78 Å². The van der Waals surface area contributed by atoms with Gasteiger partial charge in [-0.2, -0.15) is 0 Å². The molecule has 17 heavy (non-hydrogen) atoms. The molecule has 4 nitrogen and oxygen atoms in total. The number of carbonyl (C=O) groups excluding carboxylic acids is 2. The predicted molar refractivity (Wildman–Crippen MR) is 67.8 cm³/mol. The molecule has 1 N–H and O–H groups in total. The van der Waals surface area contributed by atoms with Gasteiger partial charge in [-0.3, -0.25) is 4.79 Å². The highest BCUT2D eigenvalue weighted by molar-refractivity contribution is 5.89. The normalized spacial score (nSPS) is 13.7. The molecule has 100 valence electrons. The highest BCUT2D eigenvalue weighted by Gasteiger charge is 2.34. The summed E-state index contributed by atoms with van der Waals surface area (Å²) < 4.78 is 5.00. The number of hydrogen-bond acceptors (Lipinski definition) is 3. The van der Waals surface area contributed by atoms with Gasteiger partial charge >= 0.3 is 6.09 Å². The molecule has 0 heterocycles. The lowest BCUT2D eigenvalue weighted by Crippen LogP contribution is -2.51. The minimum Gasteiger partial charge on any atom is -0.447 e. The van der Waals surface area contributed by atoms with Crippen LogP contribution in [0.4, 0.5) is 4.79 Å². The summed E-state index contributed by atoms with van der Waals surface area (Å²) in [5, 5.41) is 2.66. The van der Waals surface area contributed by atoms with Crippen LogP contribution < -0.4 is 5.32 Å². The fourth-order valence-corrected chi connectivity index (χ4v) is 1.41. The second-order valence-electron chi connectivity index (χ2n) is 5.95. The number of hydrogen-bond donors (Lipinski definition) is 1. The summed E-state index contributed by atoms with van der Waals surface area (Å²) in [6.07, 6.45) is -0.723. The molecule has 0 aromatic rings. The third-order valence-electron chi connectivity index (χ3n) is 2.32. The van der Waals surface area contributed by atoms with Crippen LogP contribution >= 0.6 is 0 Å². The molecule has 0 aromatic heterocycles. The van der Waals surface area contributed by atoms with Gasteiger partial charge in [0.1, 0.15) is 0 Å². The number of rotatable bonds is 4. The van der Waals surface area contributed by atoms with Crippen molar-refractivity contribution >= 4 is 11.9 Å². The standard InChI is InChI=1S/C13H25NO3/c1-8(2)10(15)11(13(5,6)7)14-12(16)17-9(3)4/h8-9,11H,1-7H3,(H,14,16). The van der Waals surface area contributed by atoms with Crippen molar-refractivity contribution in [1.82, 2.24) is 5.32 Å². The van der Waals surface area contributed by atoms with Crippen LogP contribution in [0.25, 0.3) is 0 Å². The zero-order valence-corrected chi connectivity index (χ0v) is 12.0. The second kappa shape index (κ2) is 6.03. The Kier molecular flexibility index (Phi) is 5.66. The first-order valence-corrected chi connectivity index (χ1v) is 6.06. The highest BCUT2D eigenvalue weighted by atomic mass is 16.6. The van der Waals surface area contributed by atoms with Crippen LogP contribution in [0.15, 0.2) is 0 Å². The molecule has 0 rings (SSSR count). The zero-order valence-electron chi connectivity index (χ0n) is 12.0. The molecule has 0 aliphatic heterocycles. The van der Waals surface area contributed by atoms with Crippen LogP contribution in [0.5, 0.6) is 0 Å². The summed E-state index contributed by atoms with van der Waals surface area (Å²) in [5.41, 5.74) is -0.322. The molecule has 0 radical (unpaired) electrons. The predicted octanol–water partition coefficient (Wildman–Crippen LogP) is 2.76. The largest absolute Gasteiger partial charge is 0.447 e. The Labute approximate surface area is 104 Å². The number of Topliss-reactive ketones (excluding diaryl/α,β-unsaturated/α-hetero) is 1. The van der Waals surface area contributed by atoms with E-state index >= 15 is 0 Å². The van der Waals surface area contributed by atoms with Gasteiger partial charge in [-0.25, -0.2) is 4.79 Å². The minimum atomic E-state index is -0.533. The first kappa shape index (κ1) is 15.9. The van der Waals surface area contributed by atoms with E-state index in [0.29, 0.717) is 0 Å². The van der Waals surface area contributed by atoms with E-state index in [4.69, 9.17) is 4.74 Å². The van der Waals surface area contributed by atoms with Crippen molar-refractivity contribution in [1.29, 1.82) is 0 Å². The molecule has 1 atom stereocenters. The van der Waals surface area contributed by atoms with Crippen LogP contribution in [-0.2, 0) is 9.53 Å². The Hall–Kier alpha value is -1.06. The van der Waals surface area contributed by atoms with Gasteiger partial charge < -0.3 is 10.1 Å². The minimum absolute atomic E-state index is 0.0261. The Morgan fingerprint density at radius 2 is 1.53 bits per heavy atom. The number of nitrogens with one attached hydrogen (secondary N) is 1. The van der Waals surface area contributed by atoms with Gasteiger partial charge in [-0.15, -0.1) is 0 Å². The molecule has 0 fully saturated rings. The summed E-state index contributed by atoms with van der Waals surface area (Å²) in [4.78, 5) is 23.6. The van der Waals surface area contributed by atoms with Crippen LogP contribution in [0, 0.1) is 11.3 Å². The SMILES string of the molecule is CC(C)OC(=O)NC(C(=O)C(C)C)C(C)(C)C. The molecule has 4 heteroatoms. The average molecular weight is 243 g/mol. The number of alkyl carbamates (subject to hydrolysis) is 1. The van der Waals surface area contributed by atoms with E-state index in [1.165, 1.54) is 0 Å². The maximum atomic E-state index is 12.0. The molecule has 0 saturated heterocycles. The van der Waals surface area contributed by atoms with Gasteiger partial charge in [0.05, 0.1) is 12.1 Å². The van der Waals surface area contributed by atoms with Crippen LogP contribution in [0.2, 0.25) is 0 Å². The first-order valence-electron chi connectivity index (χ1n) is 6.06. The third-order valence-corrected chi connectivity index (χ3v) is 2.32. The maximum Gasteiger partial charge on any atom is 0.407 e. The van der Waals surface area contributed by atoms with E-state index in [1.807, 2.05) is 34.6 Å². The van der Waals surface area contributed by atoms with E-state index in [0.717, 1.165) is 0 Å². The van der Waals surface area contributed by atoms with Gasteiger partial charge in [-0.05, 0) is 19.3 Å². The van der Waals surface area contributed by atoms with Crippen LogP contribution in [0.3, 0.4) is 0 Å². The lowest BCUT2D eigenvalue weighted by Gasteiger charge is -2.31. The molecular weight excluding hydrogens is 218 g/mol. The lowest BCUT2D eigenvalue weighted by atomic mass is 9.81. The van der Waals surface area contributed by atoms with Gasteiger partial charge in [0.2, 0.25) is 0 Å². The summed E-state index contributed by atoms with van der Waals surface area (Å²) in [5.74, 6) is -0.0863. The smallest absolute Gasteiger partial charge is 0.407 e. The van der Waals surface area contributed by atoms with Crippen molar-refractivity contribution in [2.24, 2.45) is 11.3 Å². The summed E-state index contributed by atoms with van der Waals surface area (Å²) >= 11 is 0. The zero-order chi connectivity index (χ0) is 13.8. The second-order valence-corrected chi connectivity index (χ2v) is 5.95. The molecular formula is C13H25NO3. The number of ether oxygens (including phenoxy) is 1. The Morgan fingerprint density at radius 3 is 1.82 bits per heavy atom. The molecule has 1 unspecified atom stereocenters. The van der Waals surface area contributed by atoms with E-state index in [2.05, 4.69) is 5.32 Å². The molecule has 0 aliphatic rings. The average Bonchev–Trinajstić information content (AvgIpc) is 2.09. The molecule has 0 saturated carbocycles. The fourth-order valence-electron chi connectivity index (χ4n) is 1.41. The molecule has 0 aromatic carbocycles. The summed E-state index contributed by atoms with van der Waals surface area (Å²) in [6.45, 7) is 13.0. The van der Waals surface area contributed by atoms with Crippen molar-refractivity contribution in [2.75, 3.05) is 0 Å². The highest BCUT2D eigenvalue weighted by Crippen LogP contribution is 2.22. The summed E-state index contributed by atoms with van der Waals surface area (Å²) in [6, 6.07) is -0.520. The number of amides is 1. The van der Waals surface area contributed by atoms with E-state index in [9.17, 15) is 9.59 Å². The Balaban J connectivity index is 4.74. The maximum absolute atomic E-state index is 12.0. The summed E-state index contributed by atoms with van der Waals surface area (Å²) in [7, 11) is 0. The third kappa shape index (κ3) is 5.71. The lowest BCUT2D eigenvalue weighted by molar-refractivity contribution is -0.126. The molecule has 0 aliphatic carbocycles. The quantitative estimate of drug-likeness (QED) is 0.826. The fraction of sp³-hybridized carbons (Fsp3) is 0.846. The van der Waals surface area contributed by atoms with Crippen LogP contribution in [0.1, 0.15) is 48.5 Å². The van der Waals surface area contributed by atoms with E-state index in [-0.39, 0.29) is 23.2 Å². The molecule has 0 bridgehead atoms. The van der Waals surface area contributed by atoms with E-state index < -0.39 is 12.1 Å². The Bertz CT molecular complexity index is 277. The van der Waals surface area contributed by atoms with Crippen molar-refractivity contribution in [3.63, 3.8) is 0 Å². The van der Waals surface area contributed by atoms with Crippen molar-refractivity contribution in [2.45, 2.75) is 60.6 Å². The number of ketones is 1. The van der Waals surface area contributed by atoms with Gasteiger partial charge in [-0.1, -0.05) is 34.6 Å². The molecule has 1 amide bonds.